The van der Waals surface area contributed by atoms with Gasteiger partial charge in [0.05, 0.1) is 16.0 Å². The molecule has 1 aromatic heterocycles. The number of carbonyl (C=O) groups is 2. The maximum atomic E-state index is 13.4. The summed E-state index contributed by atoms with van der Waals surface area (Å²) in [6.45, 7) is 8.96. The Kier molecular flexibility index (Phi) is 6.94. The number of aromatic nitrogens is 1. The van der Waals surface area contributed by atoms with Crippen molar-refractivity contribution in [2.24, 2.45) is 0 Å². The number of benzene rings is 3. The summed E-state index contributed by atoms with van der Waals surface area (Å²) in [5.41, 5.74) is 2.44. The van der Waals surface area contributed by atoms with Crippen LogP contribution in [0, 0.1) is 13.8 Å². The zero-order valence-electron chi connectivity index (χ0n) is 21.2. The Hall–Kier alpha value is -3.95. The van der Waals surface area contributed by atoms with Crippen molar-refractivity contribution in [2.75, 3.05) is 5.32 Å². The third-order valence-electron chi connectivity index (χ3n) is 5.42. The summed E-state index contributed by atoms with van der Waals surface area (Å²) < 4.78 is 28.0. The molecule has 0 aliphatic rings. The van der Waals surface area contributed by atoms with Crippen molar-refractivity contribution in [1.29, 1.82) is 0 Å². The summed E-state index contributed by atoms with van der Waals surface area (Å²) in [4.78, 5) is 35.1. The maximum absolute atomic E-state index is 13.4. The lowest BCUT2D eigenvalue weighted by Crippen LogP contribution is -2.22. The van der Waals surface area contributed by atoms with E-state index in [4.69, 9.17) is 9.78 Å². The van der Waals surface area contributed by atoms with Gasteiger partial charge in [-0.25, -0.2) is 17.2 Å². The highest BCUT2D eigenvalue weighted by Gasteiger charge is 2.21. The van der Waals surface area contributed by atoms with E-state index in [0.29, 0.717) is 16.6 Å². The van der Waals surface area contributed by atoms with Crippen molar-refractivity contribution in [1.82, 2.24) is 3.97 Å². The van der Waals surface area contributed by atoms with E-state index in [1.807, 2.05) is 19.9 Å². The van der Waals surface area contributed by atoms with Gasteiger partial charge in [0.25, 0.3) is 15.9 Å². The van der Waals surface area contributed by atoms with Crippen molar-refractivity contribution in [2.45, 2.75) is 45.1 Å². The van der Waals surface area contributed by atoms with Crippen molar-refractivity contribution >= 4 is 38.5 Å². The largest absolute Gasteiger partial charge is 0.373 e. The Morgan fingerprint density at radius 3 is 2.08 bits per heavy atom. The number of rotatable bonds is 6. The van der Waals surface area contributed by atoms with Gasteiger partial charge in [0, 0.05) is 22.8 Å². The summed E-state index contributed by atoms with van der Waals surface area (Å²) in [7, 11) is -3.86. The molecular weight excluding hydrogens is 492 g/mol. The maximum Gasteiger partial charge on any atom is 0.373 e. The SMILES string of the molecule is Cc1cc(C)cc(S(=O)(=O)n2ccc3ccc(C(=O)Nc4ccc(C(=O)OOC(C)(C)C)cc4)cc32)c1. The lowest BCUT2D eigenvalue weighted by molar-refractivity contribution is -0.301. The number of nitrogens with zero attached hydrogens (tertiary/aromatic N) is 1. The van der Waals surface area contributed by atoms with Crippen LogP contribution in [0.2, 0.25) is 0 Å². The standard InChI is InChI=1S/C28H28N2O6S/c1-18-14-19(2)16-24(15-18)37(33,34)30-13-12-20-6-7-22(17-25(20)30)26(31)29-23-10-8-21(9-11-23)27(32)35-36-28(3,4)5/h6-17H,1-5H3,(H,29,31). The van der Waals surface area contributed by atoms with Crippen LogP contribution in [0.4, 0.5) is 5.69 Å². The van der Waals surface area contributed by atoms with Gasteiger partial charge in [-0.2, -0.15) is 4.89 Å². The first-order valence-electron chi connectivity index (χ1n) is 11.6. The first kappa shape index (κ1) is 26.1. The number of hydrogen-bond acceptors (Lipinski definition) is 6. The van der Waals surface area contributed by atoms with Gasteiger partial charge < -0.3 is 5.32 Å². The predicted molar refractivity (Wildman–Crippen MR) is 141 cm³/mol. The molecule has 1 N–H and O–H groups in total. The van der Waals surface area contributed by atoms with Crippen molar-refractivity contribution < 1.29 is 27.8 Å². The summed E-state index contributed by atoms with van der Waals surface area (Å²) in [5.74, 6) is -1.08. The van der Waals surface area contributed by atoms with Crippen LogP contribution in [0.5, 0.6) is 0 Å². The normalized spacial score (nSPS) is 11.9. The minimum atomic E-state index is -3.86. The van der Waals surface area contributed by atoms with Crippen molar-refractivity contribution in [3.8, 4) is 0 Å². The molecule has 0 saturated heterocycles. The number of carbonyl (C=O) groups excluding carboxylic acids is 2. The van der Waals surface area contributed by atoms with E-state index < -0.39 is 27.5 Å². The van der Waals surface area contributed by atoms with E-state index >= 15 is 0 Å². The van der Waals surface area contributed by atoms with Crippen LogP contribution in [0.25, 0.3) is 10.9 Å². The molecular formula is C28H28N2O6S. The fourth-order valence-corrected chi connectivity index (χ4v) is 5.29. The van der Waals surface area contributed by atoms with Crippen molar-refractivity contribution in [3.63, 3.8) is 0 Å². The van der Waals surface area contributed by atoms with E-state index in [1.165, 1.54) is 22.3 Å². The summed E-state index contributed by atoms with van der Waals surface area (Å²) in [6.07, 6.45) is 1.49. The molecule has 0 atom stereocenters. The summed E-state index contributed by atoms with van der Waals surface area (Å²) in [6, 6.07) is 17.9. The molecule has 0 spiro atoms. The molecule has 4 aromatic rings. The van der Waals surface area contributed by atoms with E-state index in [0.717, 1.165) is 11.1 Å². The lowest BCUT2D eigenvalue weighted by atomic mass is 10.1. The summed E-state index contributed by atoms with van der Waals surface area (Å²) in [5, 5.41) is 3.45. The minimum absolute atomic E-state index is 0.184. The minimum Gasteiger partial charge on any atom is -0.322 e. The van der Waals surface area contributed by atoms with Gasteiger partial charge in [-0.15, -0.1) is 0 Å². The number of fused-ring (bicyclic) bond motifs is 1. The molecule has 0 bridgehead atoms. The number of amides is 1. The molecule has 0 aliphatic heterocycles. The third-order valence-corrected chi connectivity index (χ3v) is 7.09. The van der Waals surface area contributed by atoms with Crippen LogP contribution in [-0.4, -0.2) is 29.9 Å². The second-order valence-corrected chi connectivity index (χ2v) is 11.6. The van der Waals surface area contributed by atoms with Gasteiger partial charge in [0.1, 0.15) is 5.60 Å². The van der Waals surface area contributed by atoms with Crippen LogP contribution in [0.3, 0.4) is 0 Å². The smallest absolute Gasteiger partial charge is 0.322 e. The average molecular weight is 521 g/mol. The van der Waals surface area contributed by atoms with Gasteiger partial charge >= 0.3 is 5.97 Å². The fourth-order valence-electron chi connectivity index (χ4n) is 3.75. The summed E-state index contributed by atoms with van der Waals surface area (Å²) >= 11 is 0. The molecule has 192 valence electrons. The highest BCUT2D eigenvalue weighted by atomic mass is 32.2. The number of aryl methyl sites for hydroxylation is 2. The Balaban J connectivity index is 1.55. The van der Waals surface area contributed by atoms with Gasteiger partial charge in [-0.3, -0.25) is 9.68 Å². The van der Waals surface area contributed by atoms with Crippen molar-refractivity contribution in [3.05, 3.63) is 95.2 Å². The highest BCUT2D eigenvalue weighted by Crippen LogP contribution is 2.25. The average Bonchev–Trinajstić information content (AvgIpc) is 3.26. The molecule has 37 heavy (non-hydrogen) atoms. The molecule has 0 aliphatic carbocycles. The zero-order valence-corrected chi connectivity index (χ0v) is 22.0. The predicted octanol–water partition coefficient (Wildman–Crippen LogP) is 5.63. The van der Waals surface area contributed by atoms with Crippen LogP contribution in [-0.2, 0) is 19.8 Å². The van der Waals surface area contributed by atoms with E-state index in [-0.39, 0.29) is 16.0 Å². The van der Waals surface area contributed by atoms with Gasteiger partial charge in [-0.1, -0.05) is 12.1 Å². The molecule has 4 rings (SSSR count). The second-order valence-electron chi connectivity index (χ2n) is 9.81. The number of hydrogen-bond donors (Lipinski definition) is 1. The van der Waals surface area contributed by atoms with Gasteiger partial charge in [-0.05, 0) is 100 Å². The van der Waals surface area contributed by atoms with Crippen LogP contribution < -0.4 is 5.32 Å². The van der Waals surface area contributed by atoms with E-state index in [1.54, 1.807) is 69.3 Å². The molecule has 0 fully saturated rings. The number of anilines is 1. The molecule has 1 amide bonds. The zero-order chi connectivity index (χ0) is 27.0. The first-order chi connectivity index (χ1) is 17.3. The van der Waals surface area contributed by atoms with Crippen LogP contribution in [0.1, 0.15) is 52.6 Å². The van der Waals surface area contributed by atoms with E-state index in [9.17, 15) is 18.0 Å². The molecule has 0 saturated carbocycles. The molecule has 9 heteroatoms. The first-order valence-corrected chi connectivity index (χ1v) is 13.0. The fraction of sp³-hybridized carbons (Fsp3) is 0.214. The Bertz CT molecular complexity index is 1580. The van der Waals surface area contributed by atoms with E-state index in [2.05, 4.69) is 5.32 Å². The second kappa shape index (κ2) is 9.84. The Morgan fingerprint density at radius 2 is 1.46 bits per heavy atom. The monoisotopic (exact) mass is 520 g/mol. The third kappa shape index (κ3) is 5.90. The van der Waals surface area contributed by atoms with Gasteiger partial charge in [0.2, 0.25) is 0 Å². The number of nitrogens with one attached hydrogen (secondary N) is 1. The Morgan fingerprint density at radius 1 is 0.838 bits per heavy atom. The molecule has 1 heterocycles. The van der Waals surface area contributed by atoms with Gasteiger partial charge in [0.15, 0.2) is 0 Å². The molecule has 0 radical (unpaired) electrons. The topological polar surface area (TPSA) is 104 Å². The lowest BCUT2D eigenvalue weighted by Gasteiger charge is -2.16. The van der Waals surface area contributed by atoms with Crippen LogP contribution in [0.15, 0.2) is 77.8 Å². The molecule has 0 unspecified atom stereocenters. The van der Waals surface area contributed by atoms with Crippen LogP contribution >= 0.6 is 0 Å². The molecule has 3 aromatic carbocycles. The molecule has 8 nitrogen and oxygen atoms in total. The Labute approximate surface area is 215 Å². The quantitative estimate of drug-likeness (QED) is 0.261. The highest BCUT2D eigenvalue weighted by molar-refractivity contribution is 7.90.